The molecule has 21 heavy (non-hydrogen) atoms. The third kappa shape index (κ3) is 5.15. The van der Waals surface area contributed by atoms with Crippen molar-refractivity contribution < 1.29 is 9.13 Å². The number of ether oxygens (including phenoxy) is 1. The number of imidazole rings is 1. The summed E-state index contributed by atoms with van der Waals surface area (Å²) in [5.41, 5.74) is 0.646. The van der Waals surface area contributed by atoms with Gasteiger partial charge in [0, 0.05) is 20.9 Å². The van der Waals surface area contributed by atoms with Gasteiger partial charge in [0.15, 0.2) is 5.82 Å². The number of hydrogen-bond donors (Lipinski definition) is 0. The molecule has 0 aliphatic rings. The lowest BCUT2D eigenvalue weighted by molar-refractivity contribution is 0.0882. The molecule has 0 aliphatic heterocycles. The maximum absolute atomic E-state index is 13.0. The van der Waals surface area contributed by atoms with E-state index in [1.165, 1.54) is 12.3 Å². The average Bonchev–Trinajstić information content (AvgIpc) is 2.76. The summed E-state index contributed by atoms with van der Waals surface area (Å²) in [4.78, 5) is 8.51. The van der Waals surface area contributed by atoms with Crippen LogP contribution in [0.5, 0.6) is 0 Å². The van der Waals surface area contributed by atoms with Crippen LogP contribution in [0, 0.1) is 9.52 Å². The van der Waals surface area contributed by atoms with Crippen molar-refractivity contribution in [3.63, 3.8) is 0 Å². The zero-order valence-corrected chi connectivity index (χ0v) is 15.6. The van der Waals surface area contributed by atoms with Crippen molar-refractivity contribution in [1.29, 1.82) is 0 Å². The van der Waals surface area contributed by atoms with E-state index in [0.29, 0.717) is 18.2 Å². The van der Waals surface area contributed by atoms with Crippen LogP contribution >= 0.6 is 22.6 Å². The first-order chi connectivity index (χ1) is 9.85. The zero-order chi connectivity index (χ0) is 15.5. The first kappa shape index (κ1) is 16.6. The number of rotatable bonds is 6. The first-order valence-electron chi connectivity index (χ1n) is 6.77. The molecule has 0 saturated carbocycles. The van der Waals surface area contributed by atoms with E-state index in [-0.39, 0.29) is 5.82 Å². The second-order valence-corrected chi connectivity index (χ2v) is 12.8. The Labute approximate surface area is 138 Å². The molecule has 0 atom stereocenters. The van der Waals surface area contributed by atoms with E-state index in [1.807, 2.05) is 10.8 Å². The van der Waals surface area contributed by atoms with Crippen LogP contribution in [0.4, 0.5) is 4.39 Å². The maximum Gasteiger partial charge on any atom is 0.161 e. The molecular weight excluding hydrogens is 400 g/mol. The molecule has 2 aromatic heterocycles. The zero-order valence-electron chi connectivity index (χ0n) is 12.4. The number of halogens is 2. The van der Waals surface area contributed by atoms with Gasteiger partial charge in [-0.3, -0.25) is 0 Å². The van der Waals surface area contributed by atoms with Gasteiger partial charge in [0.1, 0.15) is 21.9 Å². The van der Waals surface area contributed by atoms with Crippen LogP contribution in [-0.2, 0) is 11.5 Å². The Morgan fingerprint density at radius 1 is 1.33 bits per heavy atom. The standard InChI is InChI=1S/C14H19FIN3OSi/c1-21(2,3)7-6-20-10-19-9-13(16)18-14(19)12-5-4-11(15)8-17-12/h4-5,8-9H,6-7,10H2,1-3H3. The molecule has 0 amide bonds. The third-order valence-corrected chi connectivity index (χ3v) is 5.15. The molecule has 0 N–H and O–H groups in total. The highest BCUT2D eigenvalue weighted by molar-refractivity contribution is 14.1. The Bertz CT molecular complexity index is 595. The van der Waals surface area contributed by atoms with Crippen molar-refractivity contribution in [2.45, 2.75) is 32.4 Å². The van der Waals surface area contributed by atoms with E-state index in [1.54, 1.807) is 6.07 Å². The van der Waals surface area contributed by atoms with Gasteiger partial charge in [0.25, 0.3) is 0 Å². The Balaban J connectivity index is 2.05. The highest BCUT2D eigenvalue weighted by Crippen LogP contribution is 2.18. The molecule has 0 spiro atoms. The highest BCUT2D eigenvalue weighted by atomic mass is 127. The molecule has 114 valence electrons. The van der Waals surface area contributed by atoms with E-state index in [9.17, 15) is 4.39 Å². The van der Waals surface area contributed by atoms with Crippen LogP contribution in [0.3, 0.4) is 0 Å². The molecule has 7 heteroatoms. The fraction of sp³-hybridized carbons (Fsp3) is 0.429. The highest BCUT2D eigenvalue weighted by Gasteiger charge is 2.13. The minimum Gasteiger partial charge on any atom is -0.361 e. The molecule has 4 nitrogen and oxygen atoms in total. The fourth-order valence-corrected chi connectivity index (χ4v) is 3.06. The largest absolute Gasteiger partial charge is 0.361 e. The Hall–Kier alpha value is -0.803. The van der Waals surface area contributed by atoms with Crippen LogP contribution in [0.1, 0.15) is 0 Å². The second-order valence-electron chi connectivity index (χ2n) is 6.07. The lowest BCUT2D eigenvalue weighted by atomic mass is 10.3. The molecule has 0 unspecified atom stereocenters. The minimum absolute atomic E-state index is 0.349. The van der Waals surface area contributed by atoms with Gasteiger partial charge in [-0.15, -0.1) is 0 Å². The van der Waals surface area contributed by atoms with Crippen LogP contribution in [0.15, 0.2) is 24.5 Å². The Morgan fingerprint density at radius 2 is 2.10 bits per heavy atom. The summed E-state index contributed by atoms with van der Waals surface area (Å²) in [6.07, 6.45) is 3.11. The lowest BCUT2D eigenvalue weighted by Crippen LogP contribution is -2.22. The van der Waals surface area contributed by atoms with Crippen LogP contribution < -0.4 is 0 Å². The minimum atomic E-state index is -1.08. The van der Waals surface area contributed by atoms with E-state index in [2.05, 4.69) is 52.2 Å². The summed E-state index contributed by atoms with van der Waals surface area (Å²) < 4.78 is 21.5. The fourth-order valence-electron chi connectivity index (χ4n) is 1.74. The molecule has 0 aliphatic carbocycles. The Morgan fingerprint density at radius 3 is 2.71 bits per heavy atom. The quantitative estimate of drug-likeness (QED) is 0.404. The van der Waals surface area contributed by atoms with Gasteiger partial charge in [-0.1, -0.05) is 19.6 Å². The van der Waals surface area contributed by atoms with Crippen molar-refractivity contribution in [1.82, 2.24) is 14.5 Å². The van der Waals surface area contributed by atoms with Gasteiger partial charge in [0.2, 0.25) is 0 Å². The molecule has 0 saturated heterocycles. The number of nitrogens with zero attached hydrogens (tertiary/aromatic N) is 3. The van der Waals surface area contributed by atoms with E-state index < -0.39 is 8.07 Å². The lowest BCUT2D eigenvalue weighted by Gasteiger charge is -2.16. The Kier molecular flexibility index (Phi) is 5.50. The van der Waals surface area contributed by atoms with E-state index >= 15 is 0 Å². The van der Waals surface area contributed by atoms with Crippen molar-refractivity contribution in [3.05, 3.63) is 34.0 Å². The SMILES string of the molecule is C[Si](C)(C)CCOCn1cc(I)nc1-c1ccc(F)cn1. The van der Waals surface area contributed by atoms with Crippen LogP contribution in [0.2, 0.25) is 25.7 Å². The van der Waals surface area contributed by atoms with E-state index in [0.717, 1.165) is 16.4 Å². The second kappa shape index (κ2) is 6.97. The van der Waals surface area contributed by atoms with Crippen molar-refractivity contribution in [2.24, 2.45) is 0 Å². The normalized spacial score (nSPS) is 11.9. The van der Waals surface area contributed by atoms with Crippen molar-refractivity contribution >= 4 is 30.7 Å². The average molecular weight is 419 g/mol. The molecule has 0 fully saturated rings. The first-order valence-corrected chi connectivity index (χ1v) is 11.6. The molecule has 0 radical (unpaired) electrons. The smallest absolute Gasteiger partial charge is 0.161 e. The number of aromatic nitrogens is 3. The number of pyridine rings is 1. The molecule has 0 bridgehead atoms. The molecule has 2 aromatic rings. The molecule has 2 heterocycles. The van der Waals surface area contributed by atoms with Crippen molar-refractivity contribution in [3.8, 4) is 11.5 Å². The molecule has 0 aromatic carbocycles. The topological polar surface area (TPSA) is 39.9 Å². The van der Waals surface area contributed by atoms with Gasteiger partial charge in [0.05, 0.1) is 6.20 Å². The van der Waals surface area contributed by atoms with Crippen molar-refractivity contribution in [2.75, 3.05) is 6.61 Å². The van der Waals surface area contributed by atoms with Crippen LogP contribution in [0.25, 0.3) is 11.5 Å². The third-order valence-electron chi connectivity index (χ3n) is 2.93. The molecule has 2 rings (SSSR count). The summed E-state index contributed by atoms with van der Waals surface area (Å²) >= 11 is 2.15. The van der Waals surface area contributed by atoms with Gasteiger partial charge in [-0.05, 0) is 40.8 Å². The summed E-state index contributed by atoms with van der Waals surface area (Å²) in [5.74, 6) is 0.352. The van der Waals surface area contributed by atoms with E-state index in [4.69, 9.17) is 4.74 Å². The predicted octanol–water partition coefficient (Wildman–Crippen LogP) is 4.00. The number of hydrogen-bond acceptors (Lipinski definition) is 3. The van der Waals surface area contributed by atoms with Gasteiger partial charge in [-0.2, -0.15) is 0 Å². The predicted molar refractivity (Wildman–Crippen MR) is 92.2 cm³/mol. The molecular formula is C14H19FIN3OSi. The monoisotopic (exact) mass is 419 g/mol. The summed E-state index contributed by atoms with van der Waals surface area (Å²) in [6, 6.07) is 4.15. The summed E-state index contributed by atoms with van der Waals surface area (Å²) in [6.45, 7) is 8.16. The van der Waals surface area contributed by atoms with Gasteiger partial charge >= 0.3 is 0 Å². The maximum atomic E-state index is 13.0. The summed E-state index contributed by atoms with van der Waals surface area (Å²) in [7, 11) is -1.08. The summed E-state index contributed by atoms with van der Waals surface area (Å²) in [5, 5.41) is 0. The van der Waals surface area contributed by atoms with Crippen LogP contribution in [-0.4, -0.2) is 29.2 Å². The van der Waals surface area contributed by atoms with Gasteiger partial charge < -0.3 is 9.30 Å². The van der Waals surface area contributed by atoms with Gasteiger partial charge in [-0.25, -0.2) is 14.4 Å².